The molecule has 2 aromatic rings. The summed E-state index contributed by atoms with van der Waals surface area (Å²) in [5.74, 6) is 4.06. The van der Waals surface area contributed by atoms with Crippen LogP contribution in [0.2, 0.25) is 0 Å². The zero-order valence-electron chi connectivity index (χ0n) is 8.60. The number of hydrogen-bond donors (Lipinski definition) is 1. The van der Waals surface area contributed by atoms with Gasteiger partial charge in [0.05, 0.1) is 6.04 Å². The first-order chi connectivity index (χ1) is 7.22. The molecule has 0 aliphatic carbocycles. The molecule has 0 saturated heterocycles. The third kappa shape index (κ3) is 1.62. The lowest BCUT2D eigenvalue weighted by Gasteiger charge is -2.08. The van der Waals surface area contributed by atoms with Crippen molar-refractivity contribution >= 4 is 11.5 Å². The monoisotopic (exact) mass is 201 g/mol. The number of fused-ring (bicyclic) bond motifs is 1. The number of nitrogens with one attached hydrogen (secondary N) is 1. The first-order valence-corrected chi connectivity index (χ1v) is 4.61. The molecule has 1 atom stereocenters. The summed E-state index contributed by atoms with van der Waals surface area (Å²) >= 11 is 0. The predicted octanol–water partition coefficient (Wildman–Crippen LogP) is 0.866. The van der Waals surface area contributed by atoms with Gasteiger partial charge in [0.1, 0.15) is 5.82 Å². The molecule has 76 valence electrons. The van der Waals surface area contributed by atoms with Crippen LogP contribution in [0.3, 0.4) is 0 Å². The minimum Gasteiger partial charge on any atom is -0.354 e. The minimum absolute atomic E-state index is 0.0827. The van der Waals surface area contributed by atoms with Crippen molar-refractivity contribution in [3.05, 3.63) is 18.2 Å². The fraction of sp³-hybridized carbons (Fsp3) is 0.300. The van der Waals surface area contributed by atoms with Crippen LogP contribution in [0.15, 0.2) is 12.4 Å². The highest BCUT2D eigenvalue weighted by atomic mass is 15.3. The third-order valence-corrected chi connectivity index (χ3v) is 2.10. The molecule has 1 unspecified atom stereocenters. The molecule has 0 radical (unpaired) electrons. The van der Waals surface area contributed by atoms with E-state index in [9.17, 15) is 0 Å². The van der Waals surface area contributed by atoms with E-state index in [4.69, 9.17) is 6.42 Å². The topological polar surface area (TPSA) is 55.1 Å². The van der Waals surface area contributed by atoms with Gasteiger partial charge in [0.25, 0.3) is 0 Å². The fourth-order valence-electron chi connectivity index (χ4n) is 1.29. The zero-order valence-corrected chi connectivity index (χ0v) is 8.60. The van der Waals surface area contributed by atoms with Crippen LogP contribution in [-0.2, 0) is 0 Å². The Balaban J connectivity index is 2.48. The molecule has 0 aromatic carbocycles. The van der Waals surface area contributed by atoms with Crippen LogP contribution in [-0.4, -0.2) is 25.6 Å². The van der Waals surface area contributed by atoms with Gasteiger partial charge < -0.3 is 5.32 Å². The molecule has 5 heteroatoms. The second kappa shape index (κ2) is 3.58. The second-order valence-electron chi connectivity index (χ2n) is 3.25. The van der Waals surface area contributed by atoms with Crippen LogP contribution in [0.5, 0.6) is 0 Å². The lowest BCUT2D eigenvalue weighted by molar-refractivity contribution is 0.988. The highest BCUT2D eigenvalue weighted by Gasteiger charge is 2.08. The average molecular weight is 201 g/mol. The second-order valence-corrected chi connectivity index (χ2v) is 3.25. The smallest absolute Gasteiger partial charge is 0.203 e. The van der Waals surface area contributed by atoms with Crippen molar-refractivity contribution in [1.82, 2.24) is 19.6 Å². The van der Waals surface area contributed by atoms with Gasteiger partial charge in [0, 0.05) is 12.4 Å². The van der Waals surface area contributed by atoms with Gasteiger partial charge in [-0.2, -0.15) is 0 Å². The van der Waals surface area contributed by atoms with Crippen LogP contribution in [0.25, 0.3) is 5.65 Å². The van der Waals surface area contributed by atoms with Crippen molar-refractivity contribution in [2.24, 2.45) is 0 Å². The average Bonchev–Trinajstić information content (AvgIpc) is 2.62. The van der Waals surface area contributed by atoms with Crippen LogP contribution >= 0.6 is 0 Å². The fourth-order valence-corrected chi connectivity index (χ4v) is 1.29. The zero-order chi connectivity index (χ0) is 10.8. The van der Waals surface area contributed by atoms with E-state index < -0.39 is 0 Å². The number of aryl methyl sites for hydroxylation is 1. The van der Waals surface area contributed by atoms with Gasteiger partial charge in [0.15, 0.2) is 5.82 Å². The van der Waals surface area contributed by atoms with Crippen molar-refractivity contribution in [2.45, 2.75) is 19.9 Å². The first kappa shape index (κ1) is 9.46. The molecule has 0 fully saturated rings. The Hall–Kier alpha value is -2.09. The highest BCUT2D eigenvalue weighted by Crippen LogP contribution is 2.12. The Morgan fingerprint density at radius 2 is 2.33 bits per heavy atom. The largest absolute Gasteiger partial charge is 0.354 e. The normalized spacial score (nSPS) is 12.3. The van der Waals surface area contributed by atoms with Gasteiger partial charge in [-0.15, -0.1) is 16.6 Å². The van der Waals surface area contributed by atoms with E-state index in [1.807, 2.05) is 24.4 Å². The summed E-state index contributed by atoms with van der Waals surface area (Å²) in [5, 5.41) is 11.1. The summed E-state index contributed by atoms with van der Waals surface area (Å²) in [6.07, 6.45) is 8.79. The molecule has 2 aromatic heterocycles. The van der Waals surface area contributed by atoms with E-state index in [-0.39, 0.29) is 6.04 Å². The summed E-state index contributed by atoms with van der Waals surface area (Å²) in [7, 11) is 0. The molecule has 15 heavy (non-hydrogen) atoms. The maximum Gasteiger partial charge on any atom is 0.203 e. The molecule has 0 aliphatic rings. The Morgan fingerprint density at radius 3 is 3.07 bits per heavy atom. The molecule has 0 spiro atoms. The predicted molar refractivity (Wildman–Crippen MR) is 57.4 cm³/mol. The van der Waals surface area contributed by atoms with E-state index in [0.29, 0.717) is 11.5 Å². The molecule has 0 bridgehead atoms. The van der Waals surface area contributed by atoms with Crippen molar-refractivity contribution in [1.29, 1.82) is 0 Å². The quantitative estimate of drug-likeness (QED) is 0.732. The molecule has 0 saturated carbocycles. The maximum absolute atomic E-state index is 5.29. The summed E-state index contributed by atoms with van der Waals surface area (Å²) in [6.45, 7) is 3.77. The molecule has 0 amide bonds. The van der Waals surface area contributed by atoms with Crippen molar-refractivity contribution < 1.29 is 0 Å². The summed E-state index contributed by atoms with van der Waals surface area (Å²) < 4.78 is 1.86. The van der Waals surface area contributed by atoms with Crippen LogP contribution in [0, 0.1) is 19.3 Å². The summed E-state index contributed by atoms with van der Waals surface area (Å²) in [5.41, 5.74) is 0.692. The van der Waals surface area contributed by atoms with Crippen LogP contribution in [0.4, 0.5) is 5.82 Å². The number of terminal acetylenes is 1. The minimum atomic E-state index is -0.0827. The molecular formula is C10H11N5. The van der Waals surface area contributed by atoms with E-state index >= 15 is 0 Å². The lowest BCUT2D eigenvalue weighted by Crippen LogP contribution is -2.14. The number of anilines is 1. The van der Waals surface area contributed by atoms with Crippen molar-refractivity contribution in [3.8, 4) is 12.3 Å². The Morgan fingerprint density at radius 1 is 1.53 bits per heavy atom. The van der Waals surface area contributed by atoms with Crippen LogP contribution < -0.4 is 5.32 Å². The lowest BCUT2D eigenvalue weighted by atomic mass is 10.3. The Labute approximate surface area is 87.6 Å². The molecule has 0 aliphatic heterocycles. The van der Waals surface area contributed by atoms with Gasteiger partial charge >= 0.3 is 0 Å². The molecule has 2 heterocycles. The summed E-state index contributed by atoms with van der Waals surface area (Å²) in [6, 6.07) is -0.0827. The molecule has 1 N–H and O–H groups in total. The number of nitrogens with zero attached hydrogens (tertiary/aromatic N) is 4. The van der Waals surface area contributed by atoms with Crippen LogP contribution in [0.1, 0.15) is 12.7 Å². The Kier molecular flexibility index (Phi) is 2.26. The van der Waals surface area contributed by atoms with E-state index in [1.165, 1.54) is 0 Å². The van der Waals surface area contributed by atoms with E-state index in [1.54, 1.807) is 6.20 Å². The number of rotatable bonds is 2. The third-order valence-electron chi connectivity index (χ3n) is 2.10. The maximum atomic E-state index is 5.29. The van der Waals surface area contributed by atoms with Crippen molar-refractivity contribution in [3.63, 3.8) is 0 Å². The highest BCUT2D eigenvalue weighted by molar-refractivity contribution is 5.62. The Bertz CT molecular complexity index is 522. The van der Waals surface area contributed by atoms with Gasteiger partial charge in [-0.3, -0.25) is 4.40 Å². The molecule has 5 nitrogen and oxygen atoms in total. The van der Waals surface area contributed by atoms with E-state index in [0.717, 1.165) is 5.82 Å². The van der Waals surface area contributed by atoms with Gasteiger partial charge in [0.2, 0.25) is 5.65 Å². The van der Waals surface area contributed by atoms with Gasteiger partial charge in [-0.05, 0) is 13.8 Å². The van der Waals surface area contributed by atoms with Gasteiger partial charge in [-0.1, -0.05) is 5.92 Å². The standard InChI is InChI=1S/C10H11N5/c1-4-7(2)12-9-10-14-13-8(3)15(10)6-5-11-9/h1,5-7H,2-3H3,(H,11,12). The first-order valence-electron chi connectivity index (χ1n) is 4.61. The molecular weight excluding hydrogens is 190 g/mol. The number of aromatic nitrogens is 4. The SMILES string of the molecule is C#CC(C)Nc1nccn2c(C)nnc12. The van der Waals surface area contributed by atoms with Crippen molar-refractivity contribution in [2.75, 3.05) is 5.32 Å². The summed E-state index contributed by atoms with van der Waals surface area (Å²) in [4.78, 5) is 4.18. The van der Waals surface area contributed by atoms with E-state index in [2.05, 4.69) is 26.4 Å². The molecule has 2 rings (SSSR count). The van der Waals surface area contributed by atoms with Gasteiger partial charge in [-0.25, -0.2) is 4.98 Å². The number of hydrogen-bond acceptors (Lipinski definition) is 4.